The molecule has 1 amide bonds. The average molecular weight is 351 g/mol. The van der Waals surface area contributed by atoms with E-state index >= 15 is 0 Å². The summed E-state index contributed by atoms with van der Waals surface area (Å²) in [6, 6.07) is 7.39. The Morgan fingerprint density at radius 3 is 2.54 bits per heavy atom. The summed E-state index contributed by atoms with van der Waals surface area (Å²) in [6.07, 6.45) is 3.22. The molecular weight excluding hydrogens is 330 g/mol. The molecule has 7 heteroatoms. The highest BCUT2D eigenvalue weighted by molar-refractivity contribution is 5.94. The number of rotatable bonds is 5. The second kappa shape index (κ2) is 7.35. The van der Waals surface area contributed by atoms with Gasteiger partial charge in [0.15, 0.2) is 0 Å². The van der Waals surface area contributed by atoms with Gasteiger partial charge in [0.2, 0.25) is 5.88 Å². The van der Waals surface area contributed by atoms with E-state index in [1.54, 1.807) is 25.3 Å². The summed E-state index contributed by atoms with van der Waals surface area (Å²) in [5, 5.41) is 6.87. The zero-order valence-corrected chi connectivity index (χ0v) is 15.3. The summed E-state index contributed by atoms with van der Waals surface area (Å²) in [5.41, 5.74) is 5.14. The topological polar surface area (TPSA) is 84.0 Å². The molecule has 0 aliphatic rings. The predicted octanol–water partition coefficient (Wildman–Crippen LogP) is 2.76. The molecule has 1 N–H and O–H groups in total. The minimum Gasteiger partial charge on any atom is -0.480 e. The fourth-order valence-corrected chi connectivity index (χ4v) is 2.80. The number of hydrogen-bond donors (Lipinski definition) is 1. The van der Waals surface area contributed by atoms with E-state index in [1.807, 2.05) is 38.1 Å². The van der Waals surface area contributed by atoms with Crippen LogP contribution in [-0.4, -0.2) is 45.1 Å². The standard InChI is InChI=1S/C19H21N5O2/c1-12-16(9-22-23-12)10-24(3)19(25)15-7-5-14(6-8-15)17-13(2)20-11-21-18(17)26-4/h5-9,11H,10H2,1-4H3,(H,22,23). The van der Waals surface area contributed by atoms with Gasteiger partial charge in [0.05, 0.1) is 24.6 Å². The predicted molar refractivity (Wildman–Crippen MR) is 97.9 cm³/mol. The number of methoxy groups -OCH3 is 1. The summed E-state index contributed by atoms with van der Waals surface area (Å²) in [5.74, 6) is 0.467. The molecule has 0 bridgehead atoms. The number of aromatic amines is 1. The highest BCUT2D eigenvalue weighted by atomic mass is 16.5. The van der Waals surface area contributed by atoms with Crippen LogP contribution < -0.4 is 4.74 Å². The van der Waals surface area contributed by atoms with Crippen molar-refractivity contribution in [1.82, 2.24) is 25.1 Å². The Morgan fingerprint density at radius 2 is 1.92 bits per heavy atom. The van der Waals surface area contributed by atoms with Crippen molar-refractivity contribution in [3.05, 3.63) is 59.3 Å². The molecule has 1 aromatic carbocycles. The Balaban J connectivity index is 1.81. The Hall–Kier alpha value is -3.22. The normalized spacial score (nSPS) is 10.6. The van der Waals surface area contributed by atoms with E-state index in [1.165, 1.54) is 6.33 Å². The van der Waals surface area contributed by atoms with Gasteiger partial charge >= 0.3 is 0 Å². The van der Waals surface area contributed by atoms with Crippen molar-refractivity contribution >= 4 is 5.91 Å². The van der Waals surface area contributed by atoms with Crippen molar-refractivity contribution in [2.75, 3.05) is 14.2 Å². The number of hydrogen-bond acceptors (Lipinski definition) is 5. The minimum absolute atomic E-state index is 0.0508. The van der Waals surface area contributed by atoms with Gasteiger partial charge in [-0.1, -0.05) is 12.1 Å². The number of ether oxygens (including phenoxy) is 1. The molecule has 0 radical (unpaired) electrons. The number of aryl methyl sites for hydroxylation is 2. The molecule has 0 saturated carbocycles. The molecular formula is C19H21N5O2. The first-order valence-electron chi connectivity index (χ1n) is 8.21. The second-order valence-electron chi connectivity index (χ2n) is 6.10. The third-order valence-electron chi connectivity index (χ3n) is 4.30. The van der Waals surface area contributed by atoms with Gasteiger partial charge in [0.1, 0.15) is 6.33 Å². The summed E-state index contributed by atoms with van der Waals surface area (Å²) in [4.78, 5) is 22.7. The molecule has 0 aliphatic carbocycles. The molecule has 134 valence electrons. The van der Waals surface area contributed by atoms with Crippen LogP contribution in [0.25, 0.3) is 11.1 Å². The molecule has 2 heterocycles. The lowest BCUT2D eigenvalue weighted by Crippen LogP contribution is -2.26. The molecule has 3 rings (SSSR count). The molecule has 0 fully saturated rings. The van der Waals surface area contributed by atoms with E-state index in [2.05, 4.69) is 20.2 Å². The Bertz CT molecular complexity index is 918. The van der Waals surface area contributed by atoms with E-state index in [9.17, 15) is 4.79 Å². The van der Waals surface area contributed by atoms with E-state index < -0.39 is 0 Å². The molecule has 0 unspecified atom stereocenters. The number of nitrogens with zero attached hydrogens (tertiary/aromatic N) is 4. The maximum Gasteiger partial charge on any atom is 0.253 e. The summed E-state index contributed by atoms with van der Waals surface area (Å²) in [7, 11) is 3.36. The van der Waals surface area contributed by atoms with Crippen LogP contribution in [-0.2, 0) is 6.54 Å². The van der Waals surface area contributed by atoms with Crippen molar-refractivity contribution in [3.63, 3.8) is 0 Å². The van der Waals surface area contributed by atoms with Crippen molar-refractivity contribution in [2.45, 2.75) is 20.4 Å². The zero-order valence-electron chi connectivity index (χ0n) is 15.3. The van der Waals surface area contributed by atoms with Crippen LogP contribution >= 0.6 is 0 Å². The molecule has 0 saturated heterocycles. The van der Waals surface area contributed by atoms with Gasteiger partial charge in [-0.2, -0.15) is 5.10 Å². The zero-order chi connectivity index (χ0) is 18.7. The highest BCUT2D eigenvalue weighted by Crippen LogP contribution is 2.30. The van der Waals surface area contributed by atoms with E-state index in [0.29, 0.717) is 18.0 Å². The number of nitrogens with one attached hydrogen (secondary N) is 1. The lowest BCUT2D eigenvalue weighted by atomic mass is 10.0. The average Bonchev–Trinajstić information content (AvgIpc) is 3.05. The molecule has 0 atom stereocenters. The SMILES string of the molecule is COc1ncnc(C)c1-c1ccc(C(=O)N(C)Cc2cn[nH]c2C)cc1. The first-order valence-corrected chi connectivity index (χ1v) is 8.21. The number of H-pyrrole nitrogens is 1. The summed E-state index contributed by atoms with van der Waals surface area (Å²) in [6.45, 7) is 4.34. The van der Waals surface area contributed by atoms with E-state index in [-0.39, 0.29) is 5.91 Å². The monoisotopic (exact) mass is 351 g/mol. The smallest absolute Gasteiger partial charge is 0.253 e. The third-order valence-corrected chi connectivity index (χ3v) is 4.30. The van der Waals surface area contributed by atoms with Crippen molar-refractivity contribution in [2.24, 2.45) is 0 Å². The number of benzene rings is 1. The number of aromatic nitrogens is 4. The Morgan fingerprint density at radius 1 is 1.19 bits per heavy atom. The van der Waals surface area contributed by atoms with Gasteiger partial charge in [-0.25, -0.2) is 9.97 Å². The quantitative estimate of drug-likeness (QED) is 0.764. The van der Waals surface area contributed by atoms with Gasteiger partial charge in [-0.05, 0) is 31.5 Å². The summed E-state index contributed by atoms with van der Waals surface area (Å²) < 4.78 is 5.33. The fourth-order valence-electron chi connectivity index (χ4n) is 2.80. The number of amides is 1. The van der Waals surface area contributed by atoms with Gasteiger partial charge in [-0.3, -0.25) is 9.89 Å². The molecule has 0 spiro atoms. The molecule has 0 aliphatic heterocycles. The van der Waals surface area contributed by atoms with Crippen LogP contribution in [0.1, 0.15) is 27.3 Å². The maximum absolute atomic E-state index is 12.7. The molecule has 2 aromatic heterocycles. The van der Waals surface area contributed by atoms with Gasteiger partial charge in [0, 0.05) is 30.4 Å². The largest absolute Gasteiger partial charge is 0.480 e. The van der Waals surface area contributed by atoms with Crippen molar-refractivity contribution in [1.29, 1.82) is 0 Å². The lowest BCUT2D eigenvalue weighted by Gasteiger charge is -2.17. The van der Waals surface area contributed by atoms with E-state index in [0.717, 1.165) is 28.1 Å². The van der Waals surface area contributed by atoms with Crippen LogP contribution in [0.5, 0.6) is 5.88 Å². The molecule has 26 heavy (non-hydrogen) atoms. The van der Waals surface area contributed by atoms with Crippen molar-refractivity contribution < 1.29 is 9.53 Å². The minimum atomic E-state index is -0.0508. The molecule has 7 nitrogen and oxygen atoms in total. The van der Waals surface area contributed by atoms with Gasteiger partial charge in [0.25, 0.3) is 5.91 Å². The number of carbonyl (C=O) groups is 1. The highest BCUT2D eigenvalue weighted by Gasteiger charge is 2.16. The first-order chi connectivity index (χ1) is 12.5. The van der Waals surface area contributed by atoms with Crippen molar-refractivity contribution in [3.8, 4) is 17.0 Å². The Kier molecular flexibility index (Phi) is 4.97. The first kappa shape index (κ1) is 17.6. The number of carbonyl (C=O) groups excluding carboxylic acids is 1. The van der Waals surface area contributed by atoms with Gasteiger partial charge in [-0.15, -0.1) is 0 Å². The van der Waals surface area contributed by atoms with Crippen LogP contribution in [0.3, 0.4) is 0 Å². The van der Waals surface area contributed by atoms with Gasteiger partial charge < -0.3 is 9.64 Å². The fraction of sp³-hybridized carbons (Fsp3) is 0.263. The maximum atomic E-state index is 12.7. The molecule has 3 aromatic rings. The lowest BCUT2D eigenvalue weighted by molar-refractivity contribution is 0.0785. The summed E-state index contributed by atoms with van der Waals surface area (Å²) >= 11 is 0. The third kappa shape index (κ3) is 3.42. The van der Waals surface area contributed by atoms with Crippen LogP contribution in [0.4, 0.5) is 0 Å². The van der Waals surface area contributed by atoms with Crippen LogP contribution in [0, 0.1) is 13.8 Å². The second-order valence-corrected chi connectivity index (χ2v) is 6.10. The Labute approximate surface area is 152 Å². The van der Waals surface area contributed by atoms with Crippen LogP contribution in [0.2, 0.25) is 0 Å². The van der Waals surface area contributed by atoms with Crippen LogP contribution in [0.15, 0.2) is 36.8 Å². The van der Waals surface area contributed by atoms with E-state index in [4.69, 9.17) is 4.74 Å².